The highest BCUT2D eigenvalue weighted by molar-refractivity contribution is 6.02. The van der Waals surface area contributed by atoms with E-state index in [4.69, 9.17) is 0 Å². The first-order valence-corrected chi connectivity index (χ1v) is 8.91. The van der Waals surface area contributed by atoms with E-state index in [0.29, 0.717) is 16.9 Å². The number of nitrogens with zero attached hydrogens (tertiary/aromatic N) is 5. The fourth-order valence-electron chi connectivity index (χ4n) is 3.39. The molecule has 3 aromatic rings. The van der Waals surface area contributed by atoms with E-state index in [1.165, 1.54) is 4.80 Å². The van der Waals surface area contributed by atoms with Crippen molar-refractivity contribution < 1.29 is 9.59 Å². The number of anilines is 1. The molecule has 0 saturated carbocycles. The molecular weight excluding hydrogens is 356 g/mol. The summed E-state index contributed by atoms with van der Waals surface area (Å²) >= 11 is 0. The molecule has 1 aromatic heterocycles. The Kier molecular flexibility index (Phi) is 4.52. The van der Waals surface area contributed by atoms with Crippen molar-refractivity contribution in [2.75, 3.05) is 25.5 Å². The molecule has 2 heterocycles. The van der Waals surface area contributed by atoms with E-state index in [-0.39, 0.29) is 18.4 Å². The lowest BCUT2D eigenvalue weighted by atomic mass is 10.0. The lowest BCUT2D eigenvalue weighted by molar-refractivity contribution is -0.119. The molecule has 0 radical (unpaired) electrons. The van der Waals surface area contributed by atoms with Crippen molar-refractivity contribution in [3.8, 4) is 5.69 Å². The molecule has 0 aliphatic carbocycles. The Bertz CT molecular complexity index is 1020. The molecule has 2 aromatic carbocycles. The van der Waals surface area contributed by atoms with Crippen LogP contribution in [0.5, 0.6) is 0 Å². The van der Waals surface area contributed by atoms with Crippen molar-refractivity contribution >= 4 is 17.5 Å². The Morgan fingerprint density at radius 3 is 2.57 bits per heavy atom. The molecule has 8 nitrogen and oxygen atoms in total. The zero-order chi connectivity index (χ0) is 19.7. The number of rotatable bonds is 4. The predicted molar refractivity (Wildman–Crippen MR) is 104 cm³/mol. The summed E-state index contributed by atoms with van der Waals surface area (Å²) in [5, 5.41) is 11.6. The lowest BCUT2D eigenvalue weighted by Crippen LogP contribution is -2.50. The number of amides is 2. The molecule has 28 heavy (non-hydrogen) atoms. The number of hydrogen-bond donors (Lipinski definition) is 1. The zero-order valence-corrected chi connectivity index (χ0v) is 15.6. The summed E-state index contributed by atoms with van der Waals surface area (Å²) in [6, 6.07) is 16.8. The maximum atomic E-state index is 12.9. The minimum absolute atomic E-state index is 0.0913. The van der Waals surface area contributed by atoms with Gasteiger partial charge >= 0.3 is 0 Å². The van der Waals surface area contributed by atoms with Crippen LogP contribution in [-0.4, -0.2) is 52.3 Å². The molecule has 142 valence electrons. The largest absolute Gasteiger partial charge is 0.358 e. The lowest BCUT2D eigenvalue weighted by Gasteiger charge is -2.42. The number of hydrogen-bond acceptors (Lipinski definition) is 5. The van der Waals surface area contributed by atoms with Crippen LogP contribution in [0, 0.1) is 0 Å². The number of likely N-dealkylation sites (N-methyl/N-ethyl adjacent to an activating group) is 1. The molecule has 1 aliphatic heterocycles. The summed E-state index contributed by atoms with van der Waals surface area (Å²) in [4.78, 5) is 30.1. The highest BCUT2D eigenvalue weighted by Gasteiger charge is 2.38. The van der Waals surface area contributed by atoms with Gasteiger partial charge in [-0.3, -0.25) is 9.59 Å². The molecule has 2 amide bonds. The molecule has 0 saturated heterocycles. The molecule has 0 fully saturated rings. The van der Waals surface area contributed by atoms with Gasteiger partial charge in [0.2, 0.25) is 5.91 Å². The summed E-state index contributed by atoms with van der Waals surface area (Å²) in [6.07, 6.45) is 1.09. The highest BCUT2D eigenvalue weighted by Crippen LogP contribution is 2.36. The molecule has 8 heteroatoms. The van der Waals surface area contributed by atoms with Crippen LogP contribution in [-0.2, 0) is 4.79 Å². The van der Waals surface area contributed by atoms with Gasteiger partial charge in [-0.1, -0.05) is 30.3 Å². The Morgan fingerprint density at radius 1 is 1.11 bits per heavy atom. The number of aromatic nitrogens is 3. The predicted octanol–water partition coefficient (Wildman–Crippen LogP) is 1.60. The Hall–Kier alpha value is -3.68. The molecule has 1 N–H and O–H groups in total. The van der Waals surface area contributed by atoms with Crippen molar-refractivity contribution in [3.05, 3.63) is 72.1 Å². The van der Waals surface area contributed by atoms with Crippen LogP contribution in [0.15, 0.2) is 60.8 Å². The first kappa shape index (κ1) is 17.7. The third kappa shape index (κ3) is 2.98. The van der Waals surface area contributed by atoms with E-state index in [1.807, 2.05) is 53.4 Å². The van der Waals surface area contributed by atoms with Gasteiger partial charge in [-0.15, -0.1) is 5.10 Å². The van der Waals surface area contributed by atoms with Crippen molar-refractivity contribution in [3.63, 3.8) is 0 Å². The van der Waals surface area contributed by atoms with Crippen LogP contribution < -0.4 is 10.2 Å². The van der Waals surface area contributed by atoms with Crippen molar-refractivity contribution in [2.24, 2.45) is 0 Å². The van der Waals surface area contributed by atoms with Crippen LogP contribution >= 0.6 is 0 Å². The van der Waals surface area contributed by atoms with E-state index in [0.717, 1.165) is 5.69 Å². The van der Waals surface area contributed by atoms with Gasteiger partial charge < -0.3 is 15.1 Å². The van der Waals surface area contributed by atoms with E-state index in [2.05, 4.69) is 15.5 Å². The van der Waals surface area contributed by atoms with Gasteiger partial charge in [0, 0.05) is 14.1 Å². The topological polar surface area (TPSA) is 83.4 Å². The number of benzene rings is 2. The smallest absolute Gasteiger partial charge is 0.257 e. The molecule has 1 aliphatic rings. The number of nitrogens with one attached hydrogen (secondary N) is 1. The molecule has 0 bridgehead atoms. The van der Waals surface area contributed by atoms with Crippen molar-refractivity contribution in [2.45, 2.75) is 6.17 Å². The average molecular weight is 376 g/mol. The number of fused-ring (bicyclic) bond motifs is 1. The van der Waals surface area contributed by atoms with E-state index in [1.54, 1.807) is 31.3 Å². The molecular formula is C20H20N6O2. The normalized spacial score (nSPS) is 16.1. The number of carbonyl (C=O) groups excluding carboxylic acids is 2. The Morgan fingerprint density at radius 2 is 1.82 bits per heavy atom. The minimum atomic E-state index is -0.544. The third-order valence-electron chi connectivity index (χ3n) is 4.78. The van der Waals surface area contributed by atoms with Crippen LogP contribution in [0.25, 0.3) is 5.69 Å². The SMILES string of the molecule is CNC(=O)CN1c2ccccc2C(=O)N(C)C1c1cnn(-c2ccccc2)n1. The van der Waals surface area contributed by atoms with Gasteiger partial charge in [-0.05, 0) is 24.3 Å². The standard InChI is InChI=1S/C20H20N6O2/c1-21-18(27)13-25-17-11-7-6-10-15(17)20(28)24(2)19(25)16-12-22-26(23-16)14-8-4-3-5-9-14/h3-12,19H,13H2,1-2H3,(H,21,27). The van der Waals surface area contributed by atoms with Crippen LogP contribution in [0.2, 0.25) is 0 Å². The van der Waals surface area contributed by atoms with Gasteiger partial charge in [-0.2, -0.15) is 9.90 Å². The first-order valence-electron chi connectivity index (χ1n) is 8.91. The second-order valence-electron chi connectivity index (χ2n) is 6.50. The van der Waals surface area contributed by atoms with E-state index < -0.39 is 6.17 Å². The molecule has 1 unspecified atom stereocenters. The van der Waals surface area contributed by atoms with E-state index >= 15 is 0 Å². The number of carbonyl (C=O) groups is 2. The Balaban J connectivity index is 1.78. The summed E-state index contributed by atoms with van der Waals surface area (Å²) < 4.78 is 0. The van der Waals surface area contributed by atoms with Crippen LogP contribution in [0.4, 0.5) is 5.69 Å². The quantitative estimate of drug-likeness (QED) is 0.748. The first-order chi connectivity index (χ1) is 13.6. The third-order valence-corrected chi connectivity index (χ3v) is 4.78. The fourth-order valence-corrected chi connectivity index (χ4v) is 3.39. The zero-order valence-electron chi connectivity index (χ0n) is 15.6. The summed E-state index contributed by atoms with van der Waals surface area (Å²) in [5.74, 6) is -0.277. The van der Waals surface area contributed by atoms with Gasteiger partial charge in [0.25, 0.3) is 5.91 Å². The maximum Gasteiger partial charge on any atom is 0.257 e. The fraction of sp³-hybridized carbons (Fsp3) is 0.200. The molecule has 0 spiro atoms. The minimum Gasteiger partial charge on any atom is -0.358 e. The Labute approximate surface area is 162 Å². The average Bonchev–Trinajstić information content (AvgIpc) is 3.22. The van der Waals surface area contributed by atoms with E-state index in [9.17, 15) is 9.59 Å². The summed E-state index contributed by atoms with van der Waals surface area (Å²) in [7, 11) is 3.30. The van der Waals surface area contributed by atoms with Crippen LogP contribution in [0.1, 0.15) is 22.2 Å². The summed E-state index contributed by atoms with van der Waals surface area (Å²) in [5.41, 5.74) is 2.66. The van der Waals surface area contributed by atoms with Gasteiger partial charge in [0.05, 0.1) is 29.7 Å². The molecule has 4 rings (SSSR count). The molecule has 1 atom stereocenters. The van der Waals surface area contributed by atoms with Crippen molar-refractivity contribution in [1.29, 1.82) is 0 Å². The second-order valence-corrected chi connectivity index (χ2v) is 6.50. The van der Waals surface area contributed by atoms with Gasteiger partial charge in [0.1, 0.15) is 5.69 Å². The van der Waals surface area contributed by atoms with Gasteiger partial charge in [-0.25, -0.2) is 0 Å². The second kappa shape index (κ2) is 7.15. The van der Waals surface area contributed by atoms with Crippen LogP contribution in [0.3, 0.4) is 0 Å². The summed E-state index contributed by atoms with van der Waals surface area (Å²) in [6.45, 7) is 0.0913. The van der Waals surface area contributed by atoms with Crippen molar-refractivity contribution in [1.82, 2.24) is 25.2 Å². The highest BCUT2D eigenvalue weighted by atomic mass is 16.2. The van der Waals surface area contributed by atoms with Gasteiger partial charge in [0.15, 0.2) is 6.17 Å². The number of para-hydroxylation sites is 2. The monoisotopic (exact) mass is 376 g/mol. The maximum absolute atomic E-state index is 12.9.